The van der Waals surface area contributed by atoms with Gasteiger partial charge in [0.2, 0.25) is 5.75 Å². The number of hydrogen-bond donors (Lipinski definition) is 2. The number of aryl methyl sites for hydroxylation is 2. The molecule has 3 N–H and O–H groups in total. The van der Waals surface area contributed by atoms with Gasteiger partial charge in [0.1, 0.15) is 0 Å². The lowest BCUT2D eigenvalue weighted by molar-refractivity contribution is -0.385. The maximum absolute atomic E-state index is 11.0. The Balaban J connectivity index is 0.000000980. The Morgan fingerprint density at radius 1 is 1.45 bits per heavy atom. The molecule has 0 aliphatic carbocycles. The molecule has 1 unspecified atom stereocenters. The topological polar surface area (TPSA) is 108 Å². The van der Waals surface area contributed by atoms with Crippen molar-refractivity contribution in [3.05, 3.63) is 33.4 Å². The van der Waals surface area contributed by atoms with Gasteiger partial charge < -0.3 is 15.2 Å². The minimum atomic E-state index is -3.49. The van der Waals surface area contributed by atoms with E-state index in [0.717, 1.165) is 5.56 Å². The van der Waals surface area contributed by atoms with Crippen LogP contribution >= 0.6 is 6.72 Å². The van der Waals surface area contributed by atoms with Crippen LogP contribution in [0.15, 0.2) is 12.1 Å². The van der Waals surface area contributed by atoms with Crippen LogP contribution < -0.4 is 10.3 Å². The fraction of sp³-hybridized carbons (Fsp3) is 0.538. The van der Waals surface area contributed by atoms with Crippen molar-refractivity contribution in [2.45, 2.75) is 40.7 Å². The minimum Gasteiger partial charge on any atom is -0.417 e. The summed E-state index contributed by atoms with van der Waals surface area (Å²) >= 11 is 4.76. The second kappa shape index (κ2) is 9.17. The molecule has 1 aromatic carbocycles. The number of nitro benzene ring substituents is 1. The van der Waals surface area contributed by atoms with E-state index in [9.17, 15) is 15.0 Å². The quantitative estimate of drug-likeness (QED) is 0.477. The molecule has 0 aliphatic rings. The summed E-state index contributed by atoms with van der Waals surface area (Å²) in [7, 11) is 0. The number of nitro groups is 1. The molecule has 0 spiro atoms. The Morgan fingerprint density at radius 2 is 1.95 bits per heavy atom. The molecule has 0 fully saturated rings. The third kappa shape index (κ3) is 7.82. The number of rotatable bonds is 5. The SMILES string of the molecule is CC(C)N.CCOP(O)(=S)Oc1c(C)cc(C)cc1[N+](=O)[O-]. The lowest BCUT2D eigenvalue weighted by Gasteiger charge is -2.17. The molecule has 1 rings (SSSR count). The van der Waals surface area contributed by atoms with Gasteiger partial charge >= 0.3 is 12.4 Å². The van der Waals surface area contributed by atoms with Crippen LogP contribution in [-0.4, -0.2) is 22.5 Å². The molecule has 1 atom stereocenters. The highest BCUT2D eigenvalue weighted by Gasteiger charge is 2.25. The van der Waals surface area contributed by atoms with Gasteiger partial charge in [-0.05, 0) is 37.9 Å². The van der Waals surface area contributed by atoms with E-state index in [1.165, 1.54) is 6.07 Å². The van der Waals surface area contributed by atoms with E-state index in [1.54, 1.807) is 26.8 Å². The van der Waals surface area contributed by atoms with Gasteiger partial charge in [0.25, 0.3) is 0 Å². The fourth-order valence-electron chi connectivity index (χ4n) is 1.49. The van der Waals surface area contributed by atoms with E-state index in [0.29, 0.717) is 11.6 Å². The second-order valence-electron chi connectivity index (χ2n) is 4.91. The first-order chi connectivity index (χ1) is 10.00. The molecular formula is C13H23N2O5PS. The van der Waals surface area contributed by atoms with Gasteiger partial charge in [0.05, 0.1) is 11.5 Å². The third-order valence-corrected chi connectivity index (χ3v) is 3.63. The highest BCUT2D eigenvalue weighted by atomic mass is 32.5. The van der Waals surface area contributed by atoms with Crippen molar-refractivity contribution in [1.82, 2.24) is 0 Å². The molecule has 0 heterocycles. The monoisotopic (exact) mass is 350 g/mol. The van der Waals surface area contributed by atoms with E-state index in [2.05, 4.69) is 0 Å². The molecule has 0 aromatic heterocycles. The Bertz CT molecular complexity index is 563. The van der Waals surface area contributed by atoms with Crippen molar-refractivity contribution in [2.24, 2.45) is 5.73 Å². The highest BCUT2D eigenvalue weighted by molar-refractivity contribution is 8.07. The maximum atomic E-state index is 11.0. The molecule has 22 heavy (non-hydrogen) atoms. The summed E-state index contributed by atoms with van der Waals surface area (Å²) in [6, 6.07) is 3.41. The van der Waals surface area contributed by atoms with Crippen LogP contribution in [0, 0.1) is 24.0 Å². The van der Waals surface area contributed by atoms with E-state index in [-0.39, 0.29) is 18.0 Å². The summed E-state index contributed by atoms with van der Waals surface area (Å²) in [6.45, 7) is 5.60. The van der Waals surface area contributed by atoms with Crippen molar-refractivity contribution in [3.63, 3.8) is 0 Å². The van der Waals surface area contributed by atoms with Crippen molar-refractivity contribution < 1.29 is 18.9 Å². The number of nitrogens with two attached hydrogens (primary N) is 1. The average molecular weight is 350 g/mol. The van der Waals surface area contributed by atoms with Gasteiger partial charge in [0, 0.05) is 17.9 Å². The zero-order chi connectivity index (χ0) is 17.5. The van der Waals surface area contributed by atoms with Crippen LogP contribution in [0.4, 0.5) is 5.69 Å². The number of hydrogen-bond acceptors (Lipinski definition) is 6. The molecule has 0 aliphatic heterocycles. The Kier molecular flexibility index (Phi) is 8.73. The average Bonchev–Trinajstić information content (AvgIpc) is 2.31. The fourth-order valence-corrected chi connectivity index (χ4v) is 2.88. The first kappa shape index (κ1) is 20.9. The minimum absolute atomic E-state index is 0.0371. The zero-order valence-corrected chi connectivity index (χ0v) is 15.1. The van der Waals surface area contributed by atoms with Gasteiger partial charge in [-0.15, -0.1) is 0 Å². The van der Waals surface area contributed by atoms with Gasteiger partial charge in [-0.25, -0.2) is 0 Å². The third-order valence-electron chi connectivity index (χ3n) is 2.09. The normalized spacial score (nSPS) is 13.1. The van der Waals surface area contributed by atoms with E-state index in [1.807, 2.05) is 13.8 Å². The van der Waals surface area contributed by atoms with Gasteiger partial charge in [0.15, 0.2) is 0 Å². The van der Waals surface area contributed by atoms with Crippen molar-refractivity contribution >= 4 is 24.2 Å². The molecule has 1 aromatic rings. The van der Waals surface area contributed by atoms with Gasteiger partial charge in [-0.1, -0.05) is 19.9 Å². The summed E-state index contributed by atoms with van der Waals surface area (Å²) < 4.78 is 10.0. The molecule has 0 bridgehead atoms. The molecule has 7 nitrogen and oxygen atoms in total. The molecular weight excluding hydrogens is 327 g/mol. The number of nitrogens with zero attached hydrogens (tertiary/aromatic N) is 1. The Labute approximate surface area is 135 Å². The van der Waals surface area contributed by atoms with Crippen LogP contribution in [0.5, 0.6) is 5.75 Å². The molecule has 0 saturated heterocycles. The summed E-state index contributed by atoms with van der Waals surface area (Å²) in [5.41, 5.74) is 6.15. The van der Waals surface area contributed by atoms with Gasteiger partial charge in [-0.3, -0.25) is 14.6 Å². The predicted octanol–water partition coefficient (Wildman–Crippen LogP) is 3.20. The molecule has 0 saturated carbocycles. The van der Waals surface area contributed by atoms with Crippen LogP contribution in [0.2, 0.25) is 0 Å². The highest BCUT2D eigenvalue weighted by Crippen LogP contribution is 2.48. The Hall–Kier alpha value is -1.05. The first-order valence-corrected chi connectivity index (χ1v) is 9.27. The van der Waals surface area contributed by atoms with Gasteiger partial charge in [-0.2, -0.15) is 0 Å². The van der Waals surface area contributed by atoms with E-state index in [4.69, 9.17) is 26.6 Å². The van der Waals surface area contributed by atoms with Crippen molar-refractivity contribution in [3.8, 4) is 5.75 Å². The lowest BCUT2D eigenvalue weighted by atomic mass is 10.1. The van der Waals surface area contributed by atoms with E-state index < -0.39 is 11.6 Å². The summed E-state index contributed by atoms with van der Waals surface area (Å²) in [6.07, 6.45) is 0. The smallest absolute Gasteiger partial charge is 0.378 e. The van der Waals surface area contributed by atoms with Crippen LogP contribution in [-0.2, 0) is 16.3 Å². The van der Waals surface area contributed by atoms with Crippen molar-refractivity contribution in [1.29, 1.82) is 0 Å². The second-order valence-corrected chi connectivity index (χ2v) is 7.67. The standard InChI is InChI=1S/C10H14NO5PS.C3H9N/c1-4-15-17(14,18)16-10-8(3)5-7(2)6-9(10)11(12)13;1-3(2)4/h5-6H,4H2,1-3H3,(H,14,18);3H,4H2,1-2H3. The number of benzene rings is 1. The molecule has 9 heteroatoms. The summed E-state index contributed by atoms with van der Waals surface area (Å²) in [5.74, 6) is -0.0371. The zero-order valence-electron chi connectivity index (χ0n) is 13.4. The molecule has 0 amide bonds. The maximum Gasteiger partial charge on any atom is 0.378 e. The first-order valence-electron chi connectivity index (χ1n) is 6.68. The Morgan fingerprint density at radius 3 is 2.36 bits per heavy atom. The van der Waals surface area contributed by atoms with Crippen LogP contribution in [0.25, 0.3) is 0 Å². The summed E-state index contributed by atoms with van der Waals surface area (Å²) in [4.78, 5) is 20.1. The largest absolute Gasteiger partial charge is 0.417 e. The predicted molar refractivity (Wildman–Crippen MR) is 90.7 cm³/mol. The van der Waals surface area contributed by atoms with E-state index >= 15 is 0 Å². The van der Waals surface area contributed by atoms with Crippen LogP contribution in [0.3, 0.4) is 0 Å². The summed E-state index contributed by atoms with van der Waals surface area (Å²) in [5, 5.41) is 11.0. The molecule has 126 valence electrons. The lowest BCUT2D eigenvalue weighted by Crippen LogP contribution is -2.06. The van der Waals surface area contributed by atoms with Crippen LogP contribution in [0.1, 0.15) is 31.9 Å². The molecule has 0 radical (unpaired) electrons. The van der Waals surface area contributed by atoms with Crippen molar-refractivity contribution in [2.75, 3.05) is 6.61 Å².